The van der Waals surface area contributed by atoms with Crippen LogP contribution in [0.4, 0.5) is 0 Å². The molecule has 0 saturated heterocycles. The van der Waals surface area contributed by atoms with Gasteiger partial charge in [0.05, 0.1) is 26.2 Å². The van der Waals surface area contributed by atoms with Gasteiger partial charge >= 0.3 is 5.97 Å². The second-order valence-corrected chi connectivity index (χ2v) is 3.10. The molecule has 0 saturated carbocycles. The number of ether oxygens (including phenoxy) is 2. The van der Waals surface area contributed by atoms with Gasteiger partial charge in [-0.1, -0.05) is 0 Å². The normalized spacial score (nSPS) is 11.1. The van der Waals surface area contributed by atoms with E-state index >= 15 is 0 Å². The molecular formula is C11H13NO4. The lowest BCUT2D eigenvalue weighted by Crippen LogP contribution is -2.06. The first-order valence-electron chi connectivity index (χ1n) is 4.57. The average molecular weight is 223 g/mol. The van der Waals surface area contributed by atoms with Gasteiger partial charge in [-0.15, -0.1) is 0 Å². The van der Waals surface area contributed by atoms with Crippen LogP contribution in [0, 0.1) is 0 Å². The van der Waals surface area contributed by atoms with Crippen LogP contribution in [-0.4, -0.2) is 31.0 Å². The number of carbonyl (C=O) groups is 2. The Morgan fingerprint density at radius 2 is 2.12 bits per heavy atom. The third kappa shape index (κ3) is 2.13. The molecule has 1 heterocycles. The minimum atomic E-state index is -0.545. The Labute approximate surface area is 93.3 Å². The van der Waals surface area contributed by atoms with Gasteiger partial charge in [0.1, 0.15) is 5.57 Å². The van der Waals surface area contributed by atoms with Crippen LogP contribution in [-0.2, 0) is 21.3 Å². The van der Waals surface area contributed by atoms with Gasteiger partial charge in [-0.05, 0) is 6.07 Å². The van der Waals surface area contributed by atoms with Gasteiger partial charge < -0.3 is 14.0 Å². The number of rotatable bonds is 4. The van der Waals surface area contributed by atoms with E-state index in [4.69, 9.17) is 4.74 Å². The van der Waals surface area contributed by atoms with Crippen molar-refractivity contribution in [1.82, 2.24) is 4.57 Å². The Bertz CT molecular complexity index is 431. The van der Waals surface area contributed by atoms with Crippen LogP contribution in [0.25, 0.3) is 5.57 Å². The zero-order chi connectivity index (χ0) is 12.1. The summed E-state index contributed by atoms with van der Waals surface area (Å²) in [4.78, 5) is 22.4. The fourth-order valence-electron chi connectivity index (χ4n) is 1.37. The molecule has 0 bridgehead atoms. The molecule has 0 aliphatic rings. The lowest BCUT2D eigenvalue weighted by Gasteiger charge is -2.04. The molecule has 0 aliphatic heterocycles. The summed E-state index contributed by atoms with van der Waals surface area (Å²) in [5.41, 5.74) is 1.10. The fraction of sp³-hybridized carbons (Fsp3) is 0.273. The number of hydrogen-bond acceptors (Lipinski definition) is 4. The van der Waals surface area contributed by atoms with Gasteiger partial charge in [0.15, 0.2) is 6.29 Å². The van der Waals surface area contributed by atoms with Crippen LogP contribution in [0.15, 0.2) is 18.5 Å². The highest BCUT2D eigenvalue weighted by atomic mass is 16.5. The predicted octanol–water partition coefficient (Wildman–Crippen LogP) is 0.998. The molecule has 1 aromatic heterocycles. The van der Waals surface area contributed by atoms with E-state index in [-0.39, 0.29) is 5.57 Å². The molecule has 0 radical (unpaired) electrons. The summed E-state index contributed by atoms with van der Waals surface area (Å²) in [5.74, 6) is -0.545. The summed E-state index contributed by atoms with van der Waals surface area (Å²) in [6, 6.07) is 1.66. The predicted molar refractivity (Wildman–Crippen MR) is 57.8 cm³/mol. The zero-order valence-electron chi connectivity index (χ0n) is 9.39. The van der Waals surface area contributed by atoms with Crippen LogP contribution in [0.1, 0.15) is 16.1 Å². The molecule has 0 atom stereocenters. The summed E-state index contributed by atoms with van der Waals surface area (Å²) >= 11 is 0. The molecule has 0 spiro atoms. The first-order valence-corrected chi connectivity index (χ1v) is 4.57. The van der Waals surface area contributed by atoms with Gasteiger partial charge in [0.2, 0.25) is 0 Å². The molecule has 5 nitrogen and oxygen atoms in total. The smallest absolute Gasteiger partial charge is 0.341 e. The van der Waals surface area contributed by atoms with E-state index in [0.29, 0.717) is 17.5 Å². The molecule has 86 valence electrons. The van der Waals surface area contributed by atoms with Crippen molar-refractivity contribution in [3.8, 4) is 0 Å². The summed E-state index contributed by atoms with van der Waals surface area (Å²) < 4.78 is 11.0. The van der Waals surface area contributed by atoms with Crippen LogP contribution < -0.4 is 0 Å². The molecular weight excluding hydrogens is 210 g/mol. The maximum atomic E-state index is 11.5. The Balaban J connectivity index is 3.26. The lowest BCUT2D eigenvalue weighted by atomic mass is 10.1. The minimum Gasteiger partial charge on any atom is -0.503 e. The van der Waals surface area contributed by atoms with Crippen molar-refractivity contribution in [2.75, 3.05) is 14.2 Å². The summed E-state index contributed by atoms with van der Waals surface area (Å²) in [7, 11) is 4.41. The number of esters is 1. The van der Waals surface area contributed by atoms with Crippen molar-refractivity contribution in [3.05, 3.63) is 29.8 Å². The molecule has 0 N–H and O–H groups in total. The highest BCUT2D eigenvalue weighted by molar-refractivity contribution is 6.17. The Morgan fingerprint density at radius 3 is 2.62 bits per heavy atom. The van der Waals surface area contributed by atoms with Gasteiger partial charge in [-0.2, -0.15) is 0 Å². The molecule has 0 aromatic carbocycles. The Kier molecular flexibility index (Phi) is 3.88. The number of aromatic nitrogens is 1. The largest absolute Gasteiger partial charge is 0.503 e. The van der Waals surface area contributed by atoms with Gasteiger partial charge in [-0.3, -0.25) is 4.79 Å². The summed E-state index contributed by atoms with van der Waals surface area (Å²) in [6.45, 7) is 0. The highest BCUT2D eigenvalue weighted by Gasteiger charge is 2.18. The standard InChI is InChI=1S/C11H13NO4/c1-12-5-4-8(10(12)6-13)9(7-15-2)11(14)16-3/h4-7H,1-3H3. The maximum absolute atomic E-state index is 11.5. The first-order chi connectivity index (χ1) is 7.65. The number of carbonyl (C=O) groups excluding carboxylic acids is 2. The van der Waals surface area contributed by atoms with E-state index in [1.807, 2.05) is 0 Å². The van der Waals surface area contributed by atoms with Crippen molar-refractivity contribution < 1.29 is 19.1 Å². The monoisotopic (exact) mass is 223 g/mol. The van der Waals surface area contributed by atoms with Gasteiger partial charge in [0.25, 0.3) is 0 Å². The maximum Gasteiger partial charge on any atom is 0.341 e. The number of methoxy groups -OCH3 is 2. The Hall–Kier alpha value is -2.04. The van der Waals surface area contributed by atoms with Crippen molar-refractivity contribution in [3.63, 3.8) is 0 Å². The molecule has 0 unspecified atom stereocenters. The molecule has 0 aliphatic carbocycles. The van der Waals surface area contributed by atoms with E-state index in [0.717, 1.165) is 0 Å². The second kappa shape index (κ2) is 5.16. The molecule has 0 amide bonds. The molecule has 1 rings (SSSR count). The molecule has 0 fully saturated rings. The van der Waals surface area contributed by atoms with Crippen molar-refractivity contribution in [2.24, 2.45) is 7.05 Å². The molecule has 16 heavy (non-hydrogen) atoms. The zero-order valence-corrected chi connectivity index (χ0v) is 9.39. The van der Waals surface area contributed by atoms with E-state index < -0.39 is 5.97 Å². The van der Waals surface area contributed by atoms with Crippen LogP contribution in [0.5, 0.6) is 0 Å². The minimum absolute atomic E-state index is 0.215. The number of aldehydes is 1. The van der Waals surface area contributed by atoms with Crippen molar-refractivity contribution in [2.45, 2.75) is 0 Å². The highest BCUT2D eigenvalue weighted by Crippen LogP contribution is 2.20. The van der Waals surface area contributed by atoms with E-state index in [1.54, 1.807) is 23.9 Å². The second-order valence-electron chi connectivity index (χ2n) is 3.10. The van der Waals surface area contributed by atoms with Crippen molar-refractivity contribution >= 4 is 17.8 Å². The molecule has 5 heteroatoms. The number of nitrogens with zero attached hydrogens (tertiary/aromatic N) is 1. The van der Waals surface area contributed by atoms with Crippen LogP contribution in [0.2, 0.25) is 0 Å². The average Bonchev–Trinajstić information content (AvgIpc) is 2.66. The van der Waals surface area contributed by atoms with Gasteiger partial charge in [0, 0.05) is 18.8 Å². The fourth-order valence-corrected chi connectivity index (χ4v) is 1.37. The van der Waals surface area contributed by atoms with Gasteiger partial charge in [-0.25, -0.2) is 4.79 Å². The quantitative estimate of drug-likeness (QED) is 0.330. The van der Waals surface area contributed by atoms with E-state index in [1.165, 1.54) is 20.5 Å². The molecule has 1 aromatic rings. The van der Waals surface area contributed by atoms with E-state index in [9.17, 15) is 9.59 Å². The topological polar surface area (TPSA) is 57.5 Å². The summed E-state index contributed by atoms with van der Waals surface area (Å²) in [5, 5.41) is 0. The lowest BCUT2D eigenvalue weighted by molar-refractivity contribution is -0.133. The van der Waals surface area contributed by atoms with Crippen LogP contribution in [0.3, 0.4) is 0 Å². The first kappa shape index (κ1) is 12.0. The third-order valence-corrected chi connectivity index (χ3v) is 2.16. The Morgan fingerprint density at radius 1 is 1.44 bits per heavy atom. The van der Waals surface area contributed by atoms with Crippen molar-refractivity contribution in [1.29, 1.82) is 0 Å². The number of hydrogen-bond donors (Lipinski definition) is 0. The number of aryl methyl sites for hydroxylation is 1. The SMILES string of the molecule is COC=C(C(=O)OC)c1ccn(C)c1C=O. The third-order valence-electron chi connectivity index (χ3n) is 2.16. The van der Waals surface area contributed by atoms with E-state index in [2.05, 4.69) is 4.74 Å². The summed E-state index contributed by atoms with van der Waals surface area (Å²) in [6.07, 6.45) is 3.63. The van der Waals surface area contributed by atoms with Crippen LogP contribution >= 0.6 is 0 Å².